The number of likely N-dealkylation sites (tertiary alicyclic amines) is 1. The summed E-state index contributed by atoms with van der Waals surface area (Å²) >= 11 is 1.68. The molecule has 1 saturated carbocycles. The number of nitrogens with zero attached hydrogens (tertiary/aromatic N) is 4. The first-order valence-electron chi connectivity index (χ1n) is 17.8. The third-order valence-corrected chi connectivity index (χ3v) is 11.6. The number of carbonyl (C=O) groups is 3. The van der Waals surface area contributed by atoms with Crippen molar-refractivity contribution in [2.45, 2.75) is 68.1 Å². The number of cyclic esters (lactones) is 1. The smallest absolute Gasteiger partial charge is 0.411 e. The normalized spacial score (nSPS) is 24.2. The van der Waals surface area contributed by atoms with E-state index in [9.17, 15) is 14.4 Å². The van der Waals surface area contributed by atoms with Gasteiger partial charge in [-0.25, -0.2) is 4.79 Å². The van der Waals surface area contributed by atoms with Gasteiger partial charge in [-0.3, -0.25) is 19.4 Å². The van der Waals surface area contributed by atoms with Crippen molar-refractivity contribution in [3.63, 3.8) is 0 Å². The maximum Gasteiger partial charge on any atom is 0.411 e. The number of rotatable bonds is 11. The lowest BCUT2D eigenvalue weighted by Gasteiger charge is -2.53. The average molecular weight is 679 g/mol. The zero-order chi connectivity index (χ0) is 33.6. The lowest BCUT2D eigenvalue weighted by Crippen LogP contribution is -2.75. The van der Waals surface area contributed by atoms with Crippen LogP contribution in [0, 0.1) is 0 Å². The summed E-state index contributed by atoms with van der Waals surface area (Å²) in [5, 5.41) is 0. The van der Waals surface area contributed by atoms with Crippen molar-refractivity contribution < 1.29 is 19.1 Å². The van der Waals surface area contributed by atoms with E-state index in [1.165, 1.54) is 37.7 Å². The third kappa shape index (κ3) is 7.43. The summed E-state index contributed by atoms with van der Waals surface area (Å²) in [6.07, 6.45) is 9.89. The monoisotopic (exact) mass is 678 g/mol. The van der Waals surface area contributed by atoms with E-state index in [0.29, 0.717) is 24.9 Å². The van der Waals surface area contributed by atoms with Crippen molar-refractivity contribution in [1.29, 1.82) is 0 Å². The molecule has 7 rings (SSSR count). The van der Waals surface area contributed by atoms with Gasteiger partial charge in [0.2, 0.25) is 11.8 Å². The van der Waals surface area contributed by atoms with Crippen LogP contribution in [0.25, 0.3) is 6.08 Å². The summed E-state index contributed by atoms with van der Waals surface area (Å²) in [6.45, 7) is 3.25. The number of piperazine rings is 1. The summed E-state index contributed by atoms with van der Waals surface area (Å²) in [6, 6.07) is 28.2. The predicted molar refractivity (Wildman–Crippen MR) is 194 cm³/mol. The molecule has 3 amide bonds. The molecule has 3 aromatic carbocycles. The molecule has 0 spiro atoms. The van der Waals surface area contributed by atoms with Crippen LogP contribution in [0.3, 0.4) is 0 Å². The number of ether oxygens (including phenoxy) is 1. The minimum absolute atomic E-state index is 0.00243. The molecule has 0 radical (unpaired) electrons. The van der Waals surface area contributed by atoms with Crippen LogP contribution in [0.15, 0.2) is 97.1 Å². The molecular formula is C40H46N4O4S. The Labute approximate surface area is 294 Å². The van der Waals surface area contributed by atoms with Crippen LogP contribution in [0.4, 0.5) is 4.79 Å². The van der Waals surface area contributed by atoms with Crippen molar-refractivity contribution in [3.05, 3.63) is 114 Å². The van der Waals surface area contributed by atoms with Gasteiger partial charge in [0, 0.05) is 43.7 Å². The lowest BCUT2D eigenvalue weighted by molar-refractivity contribution is -0.164. The number of hydrogen-bond acceptors (Lipinski definition) is 6. The van der Waals surface area contributed by atoms with E-state index in [-0.39, 0.29) is 24.5 Å². The molecule has 0 bridgehead atoms. The standard InChI is InChI=1S/C40H46N4O4S/c45-38(42-25-23-41(24-26-42)33-19-11-4-12-20-33)36(29-49-28-31-15-7-2-8-16-31)43-34(22-21-30-13-5-1-6-14-30)37(39(43)46)44-35(27-48-40(44)47)32-17-9-3-10-18-32/h1-3,5-10,13-18,21-22,33-37H,4,11-12,19-20,23-29H2/b22-21+/t34-,35-,36-,37+/m1/s1. The zero-order valence-corrected chi connectivity index (χ0v) is 28.8. The van der Waals surface area contributed by atoms with Gasteiger partial charge < -0.3 is 14.5 Å². The SMILES string of the molecule is O=C([C@@H](CSCc1ccccc1)N1C(=O)[C@@H](N2C(=O)OC[C@@H]2c2ccccc2)[C@H]1/C=C/c1ccccc1)N1CCN(C2CCCCC2)CC1. The molecule has 3 saturated heterocycles. The van der Waals surface area contributed by atoms with Gasteiger partial charge in [0.1, 0.15) is 18.7 Å². The Morgan fingerprint density at radius 3 is 2.18 bits per heavy atom. The number of benzene rings is 3. The lowest BCUT2D eigenvalue weighted by atomic mass is 9.88. The number of β-lactam (4-membered cyclic amide) rings is 1. The second kappa shape index (κ2) is 15.6. The highest BCUT2D eigenvalue weighted by atomic mass is 32.2. The molecule has 4 fully saturated rings. The fraction of sp³-hybridized carbons (Fsp3) is 0.425. The Kier molecular flexibility index (Phi) is 10.7. The summed E-state index contributed by atoms with van der Waals surface area (Å²) < 4.78 is 5.57. The maximum absolute atomic E-state index is 14.6. The summed E-state index contributed by atoms with van der Waals surface area (Å²) in [7, 11) is 0. The molecule has 0 aromatic heterocycles. The molecule has 49 heavy (non-hydrogen) atoms. The van der Waals surface area contributed by atoms with Crippen LogP contribution in [-0.4, -0.2) is 100 Å². The van der Waals surface area contributed by atoms with Crippen LogP contribution in [0.1, 0.15) is 54.8 Å². The molecule has 3 aliphatic heterocycles. The van der Waals surface area contributed by atoms with Crippen molar-refractivity contribution in [1.82, 2.24) is 19.6 Å². The Balaban J connectivity index is 1.16. The predicted octanol–water partition coefficient (Wildman–Crippen LogP) is 6.25. The molecule has 0 unspecified atom stereocenters. The number of amides is 3. The van der Waals surface area contributed by atoms with Crippen LogP contribution in [-0.2, 0) is 20.1 Å². The number of thioether (sulfide) groups is 1. The summed E-state index contributed by atoms with van der Waals surface area (Å²) in [5.74, 6) is 1.00. The van der Waals surface area contributed by atoms with E-state index >= 15 is 0 Å². The van der Waals surface area contributed by atoms with Crippen molar-refractivity contribution >= 4 is 35.7 Å². The molecule has 4 atom stereocenters. The van der Waals surface area contributed by atoms with E-state index in [4.69, 9.17) is 4.74 Å². The number of hydrogen-bond donors (Lipinski definition) is 0. The van der Waals surface area contributed by atoms with Crippen LogP contribution in [0.2, 0.25) is 0 Å². The fourth-order valence-electron chi connectivity index (χ4n) is 7.90. The molecule has 3 aromatic rings. The highest BCUT2D eigenvalue weighted by molar-refractivity contribution is 7.98. The van der Waals surface area contributed by atoms with Crippen molar-refractivity contribution in [3.8, 4) is 0 Å². The first-order chi connectivity index (χ1) is 24.1. The Bertz CT molecular complexity index is 1590. The van der Waals surface area contributed by atoms with E-state index < -0.39 is 24.2 Å². The van der Waals surface area contributed by atoms with Crippen LogP contribution in [0.5, 0.6) is 0 Å². The van der Waals surface area contributed by atoms with Gasteiger partial charge in [-0.1, -0.05) is 122 Å². The largest absolute Gasteiger partial charge is 0.447 e. The van der Waals surface area contributed by atoms with Crippen molar-refractivity contribution in [2.24, 2.45) is 0 Å². The van der Waals surface area contributed by atoms with Gasteiger partial charge in [-0.15, -0.1) is 0 Å². The second-order valence-electron chi connectivity index (χ2n) is 13.5. The quantitative estimate of drug-likeness (QED) is 0.223. The van der Waals surface area contributed by atoms with E-state index in [0.717, 1.165) is 30.0 Å². The molecule has 3 heterocycles. The van der Waals surface area contributed by atoms with Gasteiger partial charge in [0.05, 0.1) is 12.1 Å². The van der Waals surface area contributed by atoms with Gasteiger partial charge in [-0.05, 0) is 29.5 Å². The highest BCUT2D eigenvalue weighted by Crippen LogP contribution is 2.39. The molecule has 8 nitrogen and oxygen atoms in total. The Morgan fingerprint density at radius 1 is 0.837 bits per heavy atom. The van der Waals surface area contributed by atoms with Gasteiger partial charge in [-0.2, -0.15) is 11.8 Å². The molecule has 9 heteroatoms. The average Bonchev–Trinajstić information content (AvgIpc) is 3.54. The van der Waals surface area contributed by atoms with Crippen LogP contribution < -0.4 is 0 Å². The molecule has 4 aliphatic rings. The zero-order valence-electron chi connectivity index (χ0n) is 28.0. The molecular weight excluding hydrogens is 633 g/mol. The van der Waals surface area contributed by atoms with Gasteiger partial charge >= 0.3 is 6.09 Å². The molecule has 0 N–H and O–H groups in total. The van der Waals surface area contributed by atoms with Crippen LogP contribution >= 0.6 is 11.8 Å². The fourth-order valence-corrected chi connectivity index (χ4v) is 8.97. The minimum atomic E-state index is -0.766. The van der Waals surface area contributed by atoms with E-state index in [2.05, 4.69) is 17.0 Å². The molecule has 1 aliphatic carbocycles. The van der Waals surface area contributed by atoms with Crippen molar-refractivity contribution in [2.75, 3.05) is 38.5 Å². The third-order valence-electron chi connectivity index (χ3n) is 10.6. The Morgan fingerprint density at radius 2 is 1.49 bits per heavy atom. The van der Waals surface area contributed by atoms with E-state index in [1.54, 1.807) is 21.6 Å². The topological polar surface area (TPSA) is 73.4 Å². The minimum Gasteiger partial charge on any atom is -0.447 e. The summed E-state index contributed by atoms with van der Waals surface area (Å²) in [5.41, 5.74) is 3.09. The van der Waals surface area contributed by atoms with E-state index in [1.807, 2.05) is 95.9 Å². The second-order valence-corrected chi connectivity index (χ2v) is 14.6. The Hall–Kier alpha value is -4.08. The van der Waals surface area contributed by atoms with Gasteiger partial charge in [0.15, 0.2) is 0 Å². The first-order valence-corrected chi connectivity index (χ1v) is 18.9. The summed E-state index contributed by atoms with van der Waals surface area (Å²) in [4.78, 5) is 50.3. The maximum atomic E-state index is 14.6. The van der Waals surface area contributed by atoms with Gasteiger partial charge in [0.25, 0.3) is 0 Å². The number of carbonyl (C=O) groups excluding carboxylic acids is 3. The first kappa shape index (κ1) is 33.4. The molecule has 256 valence electrons. The highest BCUT2D eigenvalue weighted by Gasteiger charge is 2.58.